The van der Waals surface area contributed by atoms with Gasteiger partial charge in [-0.25, -0.2) is 8.42 Å². The van der Waals surface area contributed by atoms with E-state index in [9.17, 15) is 13.2 Å². The zero-order valence-electron chi connectivity index (χ0n) is 15.7. The van der Waals surface area contributed by atoms with E-state index < -0.39 is 10.0 Å². The van der Waals surface area contributed by atoms with E-state index >= 15 is 0 Å². The Morgan fingerprint density at radius 2 is 2.00 bits per heavy atom. The Kier molecular flexibility index (Phi) is 5.50. The number of rotatable bonds is 4. The van der Waals surface area contributed by atoms with E-state index in [1.54, 1.807) is 23.1 Å². The predicted molar refractivity (Wildman–Crippen MR) is 102 cm³/mol. The number of amides is 1. The second kappa shape index (κ2) is 7.50. The Labute approximate surface area is 156 Å². The third-order valence-electron chi connectivity index (χ3n) is 5.30. The number of sulfonamides is 1. The Balaban J connectivity index is 1.79. The van der Waals surface area contributed by atoms with Gasteiger partial charge in [0.15, 0.2) is 0 Å². The van der Waals surface area contributed by atoms with Gasteiger partial charge in [-0.2, -0.15) is 4.31 Å². The van der Waals surface area contributed by atoms with Crippen LogP contribution in [0, 0.1) is 0 Å². The lowest BCUT2D eigenvalue weighted by molar-refractivity contribution is 0.0769. The van der Waals surface area contributed by atoms with Gasteiger partial charge in [0, 0.05) is 37.8 Å². The summed E-state index contributed by atoms with van der Waals surface area (Å²) in [7, 11) is 0.358. The van der Waals surface area contributed by atoms with Crippen molar-refractivity contribution in [1.29, 1.82) is 0 Å². The fourth-order valence-electron chi connectivity index (χ4n) is 3.43. The first-order valence-electron chi connectivity index (χ1n) is 9.00. The SMILES string of the molecule is CC1=CCN(C(=O)c2cccc(S(=O)(=O)N3CCC(N(C)C)C3)c2)CC1. The molecule has 0 N–H and O–H groups in total. The van der Waals surface area contributed by atoms with Gasteiger partial charge in [0.05, 0.1) is 4.90 Å². The Hall–Kier alpha value is -1.70. The molecule has 1 atom stereocenters. The highest BCUT2D eigenvalue weighted by Crippen LogP contribution is 2.24. The molecule has 6 nitrogen and oxygen atoms in total. The summed E-state index contributed by atoms with van der Waals surface area (Å²) in [4.78, 5) is 16.7. The van der Waals surface area contributed by atoms with Crippen molar-refractivity contribution in [2.24, 2.45) is 0 Å². The van der Waals surface area contributed by atoms with Gasteiger partial charge >= 0.3 is 0 Å². The molecule has 0 bridgehead atoms. The molecule has 1 unspecified atom stereocenters. The summed E-state index contributed by atoms with van der Waals surface area (Å²) in [6, 6.07) is 6.68. The molecule has 0 spiro atoms. The molecule has 1 aromatic carbocycles. The summed E-state index contributed by atoms with van der Waals surface area (Å²) in [6.07, 6.45) is 3.74. The Morgan fingerprint density at radius 1 is 1.23 bits per heavy atom. The number of hydrogen-bond acceptors (Lipinski definition) is 4. The number of likely N-dealkylation sites (N-methyl/N-ethyl adjacent to an activating group) is 1. The smallest absolute Gasteiger partial charge is 0.254 e. The van der Waals surface area contributed by atoms with Gasteiger partial charge in [-0.3, -0.25) is 4.79 Å². The topological polar surface area (TPSA) is 60.9 Å². The van der Waals surface area contributed by atoms with E-state index in [1.165, 1.54) is 15.9 Å². The molecule has 1 amide bonds. The first-order chi connectivity index (χ1) is 12.3. The highest BCUT2D eigenvalue weighted by molar-refractivity contribution is 7.89. The molecule has 1 aromatic rings. The molecule has 7 heteroatoms. The second-order valence-corrected chi connectivity index (χ2v) is 9.29. The zero-order valence-corrected chi connectivity index (χ0v) is 16.5. The van der Waals surface area contributed by atoms with Gasteiger partial charge in [0.1, 0.15) is 0 Å². The summed E-state index contributed by atoms with van der Waals surface area (Å²) < 4.78 is 27.5. The van der Waals surface area contributed by atoms with Crippen molar-refractivity contribution >= 4 is 15.9 Å². The van der Waals surface area contributed by atoms with Crippen molar-refractivity contribution in [3.63, 3.8) is 0 Å². The number of nitrogens with zero attached hydrogens (tertiary/aromatic N) is 3. The first-order valence-corrected chi connectivity index (χ1v) is 10.4. The van der Waals surface area contributed by atoms with Crippen LogP contribution in [-0.2, 0) is 10.0 Å². The van der Waals surface area contributed by atoms with Crippen LogP contribution in [0.2, 0.25) is 0 Å². The fourth-order valence-corrected chi connectivity index (χ4v) is 4.97. The lowest BCUT2D eigenvalue weighted by atomic mass is 10.1. The van der Waals surface area contributed by atoms with Gasteiger partial charge in [-0.05, 0) is 52.1 Å². The van der Waals surface area contributed by atoms with Crippen molar-refractivity contribution in [2.45, 2.75) is 30.7 Å². The van der Waals surface area contributed by atoms with Crippen LogP contribution in [0.5, 0.6) is 0 Å². The molecule has 2 aliphatic heterocycles. The largest absolute Gasteiger partial charge is 0.335 e. The molecule has 3 rings (SSSR count). The average molecular weight is 378 g/mol. The van der Waals surface area contributed by atoms with Crippen LogP contribution in [0.15, 0.2) is 40.8 Å². The van der Waals surface area contributed by atoms with Crippen LogP contribution in [-0.4, -0.2) is 74.7 Å². The Bertz CT molecular complexity index is 817. The fraction of sp³-hybridized carbons (Fsp3) is 0.526. The standard InChI is InChI=1S/C19H27N3O3S/c1-15-7-10-21(11-8-15)19(23)16-5-4-6-18(13-16)26(24,25)22-12-9-17(14-22)20(2)3/h4-7,13,17H,8-12,14H2,1-3H3. The minimum absolute atomic E-state index is 0.113. The molecule has 2 heterocycles. The maximum atomic E-state index is 13.0. The van der Waals surface area contributed by atoms with Crippen LogP contribution in [0.3, 0.4) is 0 Å². The number of benzene rings is 1. The molecule has 0 aliphatic carbocycles. The summed E-state index contributed by atoms with van der Waals surface area (Å²) in [6.45, 7) is 4.32. The normalized spacial score (nSPS) is 21.9. The minimum Gasteiger partial charge on any atom is -0.335 e. The van der Waals surface area contributed by atoms with Crippen LogP contribution >= 0.6 is 0 Å². The number of carbonyl (C=O) groups is 1. The second-order valence-electron chi connectivity index (χ2n) is 7.35. The number of hydrogen-bond donors (Lipinski definition) is 0. The van der Waals surface area contributed by atoms with Gasteiger partial charge in [0.2, 0.25) is 10.0 Å². The zero-order chi connectivity index (χ0) is 18.9. The summed E-state index contributed by atoms with van der Waals surface area (Å²) in [5, 5.41) is 0. The van der Waals surface area contributed by atoms with Crippen molar-refractivity contribution < 1.29 is 13.2 Å². The molecule has 26 heavy (non-hydrogen) atoms. The van der Waals surface area contributed by atoms with Crippen molar-refractivity contribution in [3.05, 3.63) is 41.5 Å². The highest BCUT2D eigenvalue weighted by atomic mass is 32.2. The van der Waals surface area contributed by atoms with Crippen LogP contribution in [0.25, 0.3) is 0 Å². The molecule has 0 radical (unpaired) electrons. The van der Waals surface area contributed by atoms with Crippen LogP contribution in [0.4, 0.5) is 0 Å². The molecule has 0 aromatic heterocycles. The van der Waals surface area contributed by atoms with E-state index in [-0.39, 0.29) is 16.8 Å². The lowest BCUT2D eigenvalue weighted by Crippen LogP contribution is -2.35. The van der Waals surface area contributed by atoms with E-state index in [1.807, 2.05) is 20.2 Å². The van der Waals surface area contributed by atoms with E-state index in [4.69, 9.17) is 0 Å². The maximum absolute atomic E-state index is 13.0. The minimum atomic E-state index is -3.58. The third-order valence-corrected chi connectivity index (χ3v) is 7.16. The van der Waals surface area contributed by atoms with Crippen LogP contribution in [0.1, 0.15) is 30.1 Å². The van der Waals surface area contributed by atoms with E-state index in [0.29, 0.717) is 31.7 Å². The van der Waals surface area contributed by atoms with Gasteiger partial charge in [-0.1, -0.05) is 17.7 Å². The van der Waals surface area contributed by atoms with Crippen molar-refractivity contribution in [2.75, 3.05) is 40.3 Å². The molecule has 1 saturated heterocycles. The summed E-state index contributed by atoms with van der Waals surface area (Å²) in [5.41, 5.74) is 1.72. The molecule has 2 aliphatic rings. The first kappa shape index (κ1) is 19.1. The average Bonchev–Trinajstić information content (AvgIpc) is 3.13. The maximum Gasteiger partial charge on any atom is 0.254 e. The summed E-state index contributed by atoms with van der Waals surface area (Å²) >= 11 is 0. The quantitative estimate of drug-likeness (QED) is 0.751. The van der Waals surface area contributed by atoms with Crippen LogP contribution < -0.4 is 0 Å². The molecular formula is C19H27N3O3S. The number of carbonyl (C=O) groups excluding carboxylic acids is 1. The van der Waals surface area contributed by atoms with Crippen molar-refractivity contribution in [3.8, 4) is 0 Å². The Morgan fingerprint density at radius 3 is 2.62 bits per heavy atom. The van der Waals surface area contributed by atoms with Gasteiger partial charge in [0.25, 0.3) is 5.91 Å². The summed E-state index contributed by atoms with van der Waals surface area (Å²) in [5.74, 6) is -0.113. The molecule has 1 fully saturated rings. The highest BCUT2D eigenvalue weighted by Gasteiger charge is 2.33. The molecular weight excluding hydrogens is 350 g/mol. The molecule has 142 valence electrons. The lowest BCUT2D eigenvalue weighted by Gasteiger charge is -2.26. The van der Waals surface area contributed by atoms with Crippen molar-refractivity contribution in [1.82, 2.24) is 14.1 Å². The van der Waals surface area contributed by atoms with E-state index in [0.717, 1.165) is 12.8 Å². The molecule has 0 saturated carbocycles. The van der Waals surface area contributed by atoms with Gasteiger partial charge in [-0.15, -0.1) is 0 Å². The monoisotopic (exact) mass is 377 g/mol. The predicted octanol–water partition coefficient (Wildman–Crippen LogP) is 1.80. The third kappa shape index (κ3) is 3.84. The van der Waals surface area contributed by atoms with Gasteiger partial charge < -0.3 is 9.80 Å². The van der Waals surface area contributed by atoms with E-state index in [2.05, 4.69) is 11.8 Å².